The second kappa shape index (κ2) is 7.40. The van der Waals surface area contributed by atoms with Crippen molar-refractivity contribution in [3.05, 3.63) is 102 Å². The first-order valence-corrected chi connectivity index (χ1v) is 8.94. The number of nitrogens with two attached hydrogens (primary N) is 1. The van der Waals surface area contributed by atoms with E-state index in [0.717, 1.165) is 28.1 Å². The monoisotopic (exact) mass is 369 g/mol. The van der Waals surface area contributed by atoms with Gasteiger partial charge in [0.2, 0.25) is 0 Å². The van der Waals surface area contributed by atoms with Crippen LogP contribution in [0.5, 0.6) is 0 Å². The van der Waals surface area contributed by atoms with Gasteiger partial charge in [0, 0.05) is 12.0 Å². The fourth-order valence-corrected chi connectivity index (χ4v) is 3.25. The number of rotatable bonds is 5. The minimum Gasteiger partial charge on any atom is -0.478 e. The molecule has 3 aromatic carbocycles. The Kier molecular flexibility index (Phi) is 4.64. The van der Waals surface area contributed by atoms with Crippen LogP contribution < -0.4 is 5.73 Å². The van der Waals surface area contributed by atoms with E-state index in [1.807, 2.05) is 48.5 Å². The van der Waals surface area contributed by atoms with Gasteiger partial charge >= 0.3 is 5.97 Å². The summed E-state index contributed by atoms with van der Waals surface area (Å²) < 4.78 is 1.67. The molecule has 5 heteroatoms. The standard InChI is InChI=1S/C23H19N3O2/c24-22-21(17-9-5-2-6-10-17)20(15-16-7-3-1-4-8-16)25-26(22)19-13-11-18(12-14-19)23(27)28/h1-14H,15,24H2,(H,27,28). The third-order valence-corrected chi connectivity index (χ3v) is 4.63. The van der Waals surface area contributed by atoms with Crippen LogP contribution in [0.1, 0.15) is 21.6 Å². The molecule has 1 aromatic heterocycles. The van der Waals surface area contributed by atoms with Crippen LogP contribution >= 0.6 is 0 Å². The molecule has 0 aliphatic rings. The second-order valence-corrected chi connectivity index (χ2v) is 6.50. The molecule has 0 aliphatic heterocycles. The largest absolute Gasteiger partial charge is 0.478 e. The topological polar surface area (TPSA) is 81.1 Å². The molecule has 4 rings (SSSR count). The number of hydrogen-bond acceptors (Lipinski definition) is 3. The minimum atomic E-state index is -0.963. The zero-order valence-corrected chi connectivity index (χ0v) is 15.1. The van der Waals surface area contributed by atoms with Gasteiger partial charge in [0.25, 0.3) is 0 Å². The Bertz CT molecular complexity index is 1100. The summed E-state index contributed by atoms with van der Waals surface area (Å²) in [6, 6.07) is 26.6. The van der Waals surface area contributed by atoms with Crippen molar-refractivity contribution in [1.82, 2.24) is 9.78 Å². The van der Waals surface area contributed by atoms with Crippen LogP contribution in [0.15, 0.2) is 84.9 Å². The van der Waals surface area contributed by atoms with Crippen LogP contribution in [0, 0.1) is 0 Å². The average molecular weight is 369 g/mol. The molecule has 0 amide bonds. The summed E-state index contributed by atoms with van der Waals surface area (Å²) in [6.45, 7) is 0. The molecule has 0 spiro atoms. The lowest BCUT2D eigenvalue weighted by atomic mass is 10.0. The van der Waals surface area contributed by atoms with E-state index in [4.69, 9.17) is 15.9 Å². The van der Waals surface area contributed by atoms with Crippen LogP contribution in [-0.4, -0.2) is 20.9 Å². The fraction of sp³-hybridized carbons (Fsp3) is 0.0435. The first kappa shape index (κ1) is 17.5. The maximum atomic E-state index is 11.1. The highest BCUT2D eigenvalue weighted by molar-refractivity contribution is 5.87. The van der Waals surface area contributed by atoms with E-state index in [1.165, 1.54) is 0 Å². The van der Waals surface area contributed by atoms with Crippen molar-refractivity contribution in [2.75, 3.05) is 5.73 Å². The number of benzene rings is 3. The average Bonchev–Trinajstić information content (AvgIpc) is 3.05. The highest BCUT2D eigenvalue weighted by Crippen LogP contribution is 2.33. The molecule has 4 aromatic rings. The van der Waals surface area contributed by atoms with E-state index in [2.05, 4.69) is 12.1 Å². The van der Waals surface area contributed by atoms with E-state index in [9.17, 15) is 4.79 Å². The predicted molar refractivity (Wildman–Crippen MR) is 110 cm³/mol. The quantitative estimate of drug-likeness (QED) is 0.546. The molecular weight excluding hydrogens is 350 g/mol. The van der Waals surface area contributed by atoms with Gasteiger partial charge in [-0.15, -0.1) is 0 Å². The lowest BCUT2D eigenvalue weighted by Gasteiger charge is -2.06. The van der Waals surface area contributed by atoms with Crippen molar-refractivity contribution >= 4 is 11.8 Å². The summed E-state index contributed by atoms with van der Waals surface area (Å²) in [5.74, 6) is -0.435. The highest BCUT2D eigenvalue weighted by Gasteiger charge is 2.18. The van der Waals surface area contributed by atoms with Crippen LogP contribution in [0.25, 0.3) is 16.8 Å². The fourth-order valence-electron chi connectivity index (χ4n) is 3.25. The Labute approximate surface area is 162 Å². The molecule has 0 bridgehead atoms. The smallest absolute Gasteiger partial charge is 0.335 e. The third-order valence-electron chi connectivity index (χ3n) is 4.63. The molecule has 28 heavy (non-hydrogen) atoms. The maximum absolute atomic E-state index is 11.1. The Morgan fingerprint density at radius 2 is 1.50 bits per heavy atom. The molecular formula is C23H19N3O2. The van der Waals surface area contributed by atoms with Crippen molar-refractivity contribution in [3.8, 4) is 16.8 Å². The first-order valence-electron chi connectivity index (χ1n) is 8.94. The predicted octanol–water partition coefficient (Wildman–Crippen LogP) is 4.41. The lowest BCUT2D eigenvalue weighted by Crippen LogP contribution is -2.03. The van der Waals surface area contributed by atoms with E-state index < -0.39 is 5.97 Å². The van der Waals surface area contributed by atoms with E-state index in [0.29, 0.717) is 12.2 Å². The van der Waals surface area contributed by atoms with Gasteiger partial charge in [0.05, 0.1) is 16.9 Å². The number of carboxylic acid groups (broad SMARTS) is 1. The molecule has 0 radical (unpaired) electrons. The van der Waals surface area contributed by atoms with Gasteiger partial charge in [-0.05, 0) is 35.4 Å². The summed E-state index contributed by atoms with van der Waals surface area (Å²) in [6.07, 6.45) is 0.648. The Morgan fingerprint density at radius 3 is 2.11 bits per heavy atom. The number of carbonyl (C=O) groups is 1. The van der Waals surface area contributed by atoms with Gasteiger partial charge in [0.15, 0.2) is 0 Å². The summed E-state index contributed by atoms with van der Waals surface area (Å²) in [5, 5.41) is 13.9. The second-order valence-electron chi connectivity index (χ2n) is 6.50. The van der Waals surface area contributed by atoms with Crippen molar-refractivity contribution in [1.29, 1.82) is 0 Å². The molecule has 138 valence electrons. The number of hydrogen-bond donors (Lipinski definition) is 2. The van der Waals surface area contributed by atoms with Crippen LogP contribution in [0.2, 0.25) is 0 Å². The highest BCUT2D eigenvalue weighted by atomic mass is 16.4. The Hall–Kier alpha value is -3.86. The van der Waals surface area contributed by atoms with Crippen molar-refractivity contribution in [2.24, 2.45) is 0 Å². The zero-order valence-electron chi connectivity index (χ0n) is 15.1. The number of anilines is 1. The van der Waals surface area contributed by atoms with Gasteiger partial charge < -0.3 is 10.8 Å². The SMILES string of the molecule is Nc1c(-c2ccccc2)c(Cc2ccccc2)nn1-c1ccc(C(=O)O)cc1. The summed E-state index contributed by atoms with van der Waals surface area (Å²) in [5.41, 5.74) is 11.4. The number of nitrogen functional groups attached to an aromatic ring is 1. The van der Waals surface area contributed by atoms with Gasteiger partial charge in [-0.3, -0.25) is 0 Å². The molecule has 5 nitrogen and oxygen atoms in total. The van der Waals surface area contributed by atoms with Crippen molar-refractivity contribution in [3.63, 3.8) is 0 Å². The molecule has 0 saturated carbocycles. The molecule has 1 heterocycles. The van der Waals surface area contributed by atoms with Gasteiger partial charge in [-0.2, -0.15) is 5.10 Å². The number of carboxylic acids is 1. The molecule has 0 atom stereocenters. The number of nitrogens with zero attached hydrogens (tertiary/aromatic N) is 2. The molecule has 0 aliphatic carbocycles. The number of aromatic nitrogens is 2. The van der Waals surface area contributed by atoms with Crippen LogP contribution in [-0.2, 0) is 6.42 Å². The van der Waals surface area contributed by atoms with Crippen LogP contribution in [0.4, 0.5) is 5.82 Å². The molecule has 0 saturated heterocycles. The van der Waals surface area contributed by atoms with Gasteiger partial charge in [-0.25, -0.2) is 9.48 Å². The lowest BCUT2D eigenvalue weighted by molar-refractivity contribution is 0.0697. The van der Waals surface area contributed by atoms with Gasteiger partial charge in [-0.1, -0.05) is 60.7 Å². The molecule has 3 N–H and O–H groups in total. The minimum absolute atomic E-state index is 0.224. The number of aromatic carboxylic acids is 1. The van der Waals surface area contributed by atoms with E-state index in [1.54, 1.807) is 28.9 Å². The first-order chi connectivity index (χ1) is 13.6. The van der Waals surface area contributed by atoms with Crippen molar-refractivity contribution in [2.45, 2.75) is 6.42 Å². The van der Waals surface area contributed by atoms with Gasteiger partial charge in [0.1, 0.15) is 5.82 Å². The Balaban J connectivity index is 1.83. The molecule has 0 unspecified atom stereocenters. The van der Waals surface area contributed by atoms with Crippen LogP contribution in [0.3, 0.4) is 0 Å². The zero-order chi connectivity index (χ0) is 19.5. The normalized spacial score (nSPS) is 10.7. The summed E-state index contributed by atoms with van der Waals surface area (Å²) in [7, 11) is 0. The van der Waals surface area contributed by atoms with Crippen molar-refractivity contribution < 1.29 is 9.90 Å². The van der Waals surface area contributed by atoms with E-state index >= 15 is 0 Å². The summed E-state index contributed by atoms with van der Waals surface area (Å²) in [4.78, 5) is 11.1. The third kappa shape index (κ3) is 3.38. The maximum Gasteiger partial charge on any atom is 0.335 e. The van der Waals surface area contributed by atoms with E-state index in [-0.39, 0.29) is 5.56 Å². The Morgan fingerprint density at radius 1 is 0.893 bits per heavy atom. The molecule has 0 fully saturated rings. The summed E-state index contributed by atoms with van der Waals surface area (Å²) >= 11 is 0.